The van der Waals surface area contributed by atoms with Gasteiger partial charge in [0.1, 0.15) is 0 Å². The molecule has 2 nitrogen and oxygen atoms in total. The van der Waals surface area contributed by atoms with Gasteiger partial charge in [-0.15, -0.1) is 35.9 Å². The fraction of sp³-hybridized carbons (Fsp3) is 0.277. The molecule has 0 saturated carbocycles. The van der Waals surface area contributed by atoms with E-state index in [1.54, 1.807) is 11.3 Å². The third-order valence-corrected chi connectivity index (χ3v) is 16.8. The summed E-state index contributed by atoms with van der Waals surface area (Å²) in [7, 11) is -1.67. The first-order valence-electron chi connectivity index (χ1n) is 19.7. The quantitative estimate of drug-likeness (QED) is 0.112. The Bertz CT molecular complexity index is 2450. The van der Waals surface area contributed by atoms with E-state index >= 15 is 0 Å². The van der Waals surface area contributed by atoms with Crippen LogP contribution < -0.4 is 9.58 Å². The van der Waals surface area contributed by atoms with Crippen molar-refractivity contribution >= 4 is 62.4 Å². The molecule has 0 aliphatic rings. The summed E-state index contributed by atoms with van der Waals surface area (Å²) in [5, 5.41) is 3.61. The minimum absolute atomic E-state index is 0. The Balaban J connectivity index is 0.000000229. The van der Waals surface area contributed by atoms with Crippen LogP contribution in [0.15, 0.2) is 109 Å². The molecule has 6 heteroatoms. The van der Waals surface area contributed by atoms with Gasteiger partial charge in [-0.25, -0.2) is 0 Å². The number of benzene rings is 4. The van der Waals surface area contributed by atoms with E-state index in [1.807, 2.05) is 88.6 Å². The molecule has 275 valence electrons. The van der Waals surface area contributed by atoms with Gasteiger partial charge in [0.25, 0.3) is 0 Å². The first kappa shape index (κ1) is 36.8. The van der Waals surface area contributed by atoms with E-state index in [-0.39, 0.29) is 26.0 Å². The van der Waals surface area contributed by atoms with Crippen LogP contribution in [0.4, 0.5) is 0 Å². The van der Waals surface area contributed by atoms with Crippen molar-refractivity contribution < 1.29 is 24.2 Å². The molecule has 0 atom stereocenters. The van der Waals surface area contributed by atoms with Crippen LogP contribution in [0.2, 0.25) is 36.9 Å². The predicted octanol–water partition coefficient (Wildman–Crippen LogP) is 12.5. The van der Waals surface area contributed by atoms with E-state index in [4.69, 9.17) is 4.11 Å². The summed E-state index contributed by atoms with van der Waals surface area (Å²) in [5.74, 6) is 6.55. The standard InChI is InChI=1S/C29H28GeNS.C18H24NSi.Ir/c1-19(2)21-15-16-31-27(17-21)26-8-6-7-25-24-14-11-22(18-28(24)32-29(25)26)20-9-12-23(13-10-20)30(3,4)5;1-14(2)11-16-12-17(15-9-7-6-8-10-15)19-13-18(16)20(3,4)5;/h6-7,9-19H,1-5H3;6-9,12-14H,11H2,1-5H3;/q2*-1;/i19D;11D2;. The van der Waals surface area contributed by atoms with Gasteiger partial charge in [0.15, 0.2) is 0 Å². The first-order chi connectivity index (χ1) is 25.7. The molecule has 0 N–H and O–H groups in total. The number of pyridine rings is 2. The summed E-state index contributed by atoms with van der Waals surface area (Å²) in [6.07, 6.45) is 2.34. The zero-order valence-electron chi connectivity index (χ0n) is 35.6. The molecule has 7 rings (SSSR count). The Morgan fingerprint density at radius 1 is 0.792 bits per heavy atom. The van der Waals surface area contributed by atoms with Crippen LogP contribution in [-0.4, -0.2) is 31.3 Å². The number of aromatic nitrogens is 2. The van der Waals surface area contributed by atoms with Gasteiger partial charge in [-0.1, -0.05) is 64.5 Å². The summed E-state index contributed by atoms with van der Waals surface area (Å²) < 4.78 is 29.5. The molecular formula is C47H52GeIrN2SSi-2. The Labute approximate surface area is 343 Å². The van der Waals surface area contributed by atoms with Gasteiger partial charge < -0.3 is 4.98 Å². The molecular weight excluding hydrogens is 918 g/mol. The molecule has 0 aliphatic carbocycles. The predicted molar refractivity (Wildman–Crippen MR) is 234 cm³/mol. The van der Waals surface area contributed by atoms with Gasteiger partial charge in [-0.05, 0) is 35.1 Å². The Morgan fingerprint density at radius 2 is 1.53 bits per heavy atom. The van der Waals surface area contributed by atoms with Crippen molar-refractivity contribution in [3.63, 3.8) is 0 Å². The van der Waals surface area contributed by atoms with Gasteiger partial charge in [0.05, 0.1) is 8.07 Å². The molecule has 4 aromatic carbocycles. The van der Waals surface area contributed by atoms with Crippen molar-refractivity contribution in [1.82, 2.24) is 9.97 Å². The van der Waals surface area contributed by atoms with Crippen molar-refractivity contribution in [3.8, 4) is 33.6 Å². The number of nitrogens with zero attached hydrogens (tertiary/aromatic N) is 2. The molecule has 53 heavy (non-hydrogen) atoms. The van der Waals surface area contributed by atoms with Crippen LogP contribution in [0, 0.1) is 18.1 Å². The summed E-state index contributed by atoms with van der Waals surface area (Å²) in [5.41, 5.74) is 7.88. The zero-order valence-corrected chi connectivity index (χ0v) is 38.9. The summed E-state index contributed by atoms with van der Waals surface area (Å²) in [6, 6.07) is 40.4. The number of hydrogen-bond donors (Lipinski definition) is 0. The van der Waals surface area contributed by atoms with Crippen molar-refractivity contribution in [3.05, 3.63) is 133 Å². The van der Waals surface area contributed by atoms with Crippen LogP contribution in [0.25, 0.3) is 53.8 Å². The minimum atomic E-state index is -1.80. The molecule has 3 heterocycles. The second-order valence-electron chi connectivity index (χ2n) is 16.1. The van der Waals surface area contributed by atoms with Crippen LogP contribution in [0.3, 0.4) is 0 Å². The zero-order chi connectivity index (χ0) is 39.9. The molecule has 3 aromatic heterocycles. The van der Waals surface area contributed by atoms with E-state index < -0.39 is 33.6 Å². The molecule has 0 saturated heterocycles. The number of fused-ring (bicyclic) bond motifs is 3. The smallest absolute Gasteiger partial charge is 0.305 e. The Kier molecular flexibility index (Phi) is 11.9. The molecule has 1 radical (unpaired) electrons. The molecule has 0 bridgehead atoms. The Morgan fingerprint density at radius 3 is 2.17 bits per heavy atom. The molecule has 0 aliphatic heterocycles. The normalized spacial score (nSPS) is 13.2. The van der Waals surface area contributed by atoms with Gasteiger partial charge in [0, 0.05) is 36.6 Å². The first-order valence-corrected chi connectivity index (χ1v) is 29.8. The number of rotatable bonds is 8. The van der Waals surface area contributed by atoms with Crippen LogP contribution in [0.1, 0.15) is 48.8 Å². The van der Waals surface area contributed by atoms with Crippen molar-refractivity contribution in [2.24, 2.45) is 5.92 Å². The third kappa shape index (κ3) is 9.74. The van der Waals surface area contributed by atoms with Crippen LogP contribution >= 0.6 is 11.3 Å². The second-order valence-corrected chi connectivity index (χ2v) is 32.8. The maximum absolute atomic E-state index is 8.55. The monoisotopic (exact) mass is 974 g/mol. The third-order valence-electron chi connectivity index (χ3n) is 9.25. The summed E-state index contributed by atoms with van der Waals surface area (Å²) in [4.78, 5) is 9.22. The van der Waals surface area contributed by atoms with Crippen molar-refractivity contribution in [2.45, 2.75) is 76.9 Å². The minimum Gasteiger partial charge on any atom is -0.305 e. The van der Waals surface area contributed by atoms with Crippen molar-refractivity contribution in [1.29, 1.82) is 0 Å². The van der Waals surface area contributed by atoms with E-state index in [2.05, 4.69) is 108 Å². The van der Waals surface area contributed by atoms with Gasteiger partial charge >= 0.3 is 161 Å². The average Bonchev–Trinajstić information content (AvgIpc) is 3.52. The van der Waals surface area contributed by atoms with Crippen LogP contribution in [0.5, 0.6) is 0 Å². The van der Waals surface area contributed by atoms with Gasteiger partial charge in [-0.2, -0.15) is 0 Å². The SMILES string of the molecule is [2H]C(C)(C)c1ccnc(-c2[c-]ccc3c2sc2cc(-c4cc[c]([Ge]([CH3])([CH3])[CH3])cc4)ccc23)c1.[2H]C([2H])(c1cc(-c2[c-]cccc2)ncc1[Si](C)(C)C)C(C)C.[Ir]. The van der Waals surface area contributed by atoms with Crippen LogP contribution in [-0.2, 0) is 26.5 Å². The Hall–Kier alpha value is -3.19. The maximum atomic E-state index is 8.55. The molecule has 0 amide bonds. The van der Waals surface area contributed by atoms with E-state index in [9.17, 15) is 0 Å². The second kappa shape index (κ2) is 17.1. The molecule has 7 aromatic rings. The van der Waals surface area contributed by atoms with E-state index in [1.165, 1.54) is 35.7 Å². The molecule has 0 unspecified atom stereocenters. The number of hydrogen-bond acceptors (Lipinski definition) is 3. The number of thiophene rings is 1. The summed E-state index contributed by atoms with van der Waals surface area (Å²) in [6.45, 7) is 14.4. The van der Waals surface area contributed by atoms with Crippen molar-refractivity contribution in [2.75, 3.05) is 0 Å². The topological polar surface area (TPSA) is 25.8 Å². The fourth-order valence-corrected chi connectivity index (χ4v) is 11.4. The summed E-state index contributed by atoms with van der Waals surface area (Å²) >= 11 is -0.000824. The average molecular weight is 973 g/mol. The fourth-order valence-electron chi connectivity index (χ4n) is 6.34. The molecule has 0 fully saturated rings. The van der Waals surface area contributed by atoms with E-state index in [0.717, 1.165) is 38.8 Å². The van der Waals surface area contributed by atoms with Gasteiger partial charge in [-0.3, -0.25) is 0 Å². The molecule has 0 spiro atoms. The van der Waals surface area contributed by atoms with Gasteiger partial charge in [0.2, 0.25) is 0 Å². The van der Waals surface area contributed by atoms with E-state index in [0.29, 0.717) is 0 Å².